The third-order valence-corrected chi connectivity index (χ3v) is 4.23. The van der Waals surface area contributed by atoms with Crippen molar-refractivity contribution >= 4 is 0 Å². The van der Waals surface area contributed by atoms with Crippen molar-refractivity contribution in [1.82, 2.24) is 0 Å². The lowest BCUT2D eigenvalue weighted by Gasteiger charge is -2.31. The second-order valence-electron chi connectivity index (χ2n) is 5.43. The maximum absolute atomic E-state index is 11.2. The van der Waals surface area contributed by atoms with Crippen LogP contribution in [0.15, 0.2) is 30.3 Å². The van der Waals surface area contributed by atoms with Gasteiger partial charge in [-0.15, -0.1) is 0 Å². The van der Waals surface area contributed by atoms with Crippen LogP contribution in [0.3, 0.4) is 0 Å². The minimum atomic E-state index is -0.477. The van der Waals surface area contributed by atoms with Crippen LogP contribution in [-0.2, 0) is 6.42 Å². The van der Waals surface area contributed by atoms with Gasteiger partial charge in [-0.2, -0.15) is 0 Å². The highest BCUT2D eigenvalue weighted by atomic mass is 16.6. The Kier molecular flexibility index (Phi) is 4.91. The van der Waals surface area contributed by atoms with Crippen molar-refractivity contribution < 1.29 is 10.0 Å². The Morgan fingerprint density at radius 3 is 2.58 bits per heavy atom. The average molecular weight is 263 g/mol. The molecule has 4 nitrogen and oxygen atoms in total. The number of aliphatic hydroxyl groups is 1. The fourth-order valence-corrected chi connectivity index (χ4v) is 3.22. The maximum Gasteiger partial charge on any atom is 0.216 e. The van der Waals surface area contributed by atoms with Crippen molar-refractivity contribution in [3.63, 3.8) is 0 Å². The van der Waals surface area contributed by atoms with E-state index in [1.54, 1.807) is 0 Å². The summed E-state index contributed by atoms with van der Waals surface area (Å²) in [6.07, 6.45) is 4.23. The maximum atomic E-state index is 11.2. The number of rotatable bonds is 5. The molecule has 19 heavy (non-hydrogen) atoms. The van der Waals surface area contributed by atoms with Crippen molar-refractivity contribution in [2.75, 3.05) is 6.61 Å². The summed E-state index contributed by atoms with van der Waals surface area (Å²) in [5, 5.41) is 20.8. The van der Waals surface area contributed by atoms with E-state index in [0.29, 0.717) is 6.42 Å². The second-order valence-corrected chi connectivity index (χ2v) is 5.43. The predicted molar refractivity (Wildman–Crippen MR) is 73.5 cm³/mol. The smallest absolute Gasteiger partial charge is 0.216 e. The molecule has 3 unspecified atom stereocenters. The molecule has 1 fully saturated rings. The Hall–Kier alpha value is -1.42. The van der Waals surface area contributed by atoms with E-state index in [4.69, 9.17) is 0 Å². The molecule has 1 aliphatic rings. The quantitative estimate of drug-likeness (QED) is 0.656. The van der Waals surface area contributed by atoms with E-state index < -0.39 is 6.04 Å². The molecule has 2 rings (SSSR count). The molecule has 0 radical (unpaired) electrons. The van der Waals surface area contributed by atoms with Crippen LogP contribution in [0.1, 0.15) is 31.2 Å². The number of nitrogens with zero attached hydrogens (tertiary/aromatic N) is 1. The molecule has 1 N–H and O–H groups in total. The van der Waals surface area contributed by atoms with E-state index >= 15 is 0 Å². The minimum absolute atomic E-state index is 0.00176. The Labute approximate surface area is 113 Å². The number of hydrogen-bond acceptors (Lipinski definition) is 3. The van der Waals surface area contributed by atoms with E-state index in [9.17, 15) is 15.2 Å². The molecule has 1 aliphatic carbocycles. The van der Waals surface area contributed by atoms with Gasteiger partial charge in [-0.3, -0.25) is 10.1 Å². The van der Waals surface area contributed by atoms with Gasteiger partial charge < -0.3 is 5.11 Å². The van der Waals surface area contributed by atoms with Crippen LogP contribution in [0.2, 0.25) is 0 Å². The van der Waals surface area contributed by atoms with Gasteiger partial charge in [-0.1, -0.05) is 36.8 Å². The minimum Gasteiger partial charge on any atom is -0.396 e. The zero-order chi connectivity index (χ0) is 13.7. The van der Waals surface area contributed by atoms with Crippen LogP contribution in [0.25, 0.3) is 0 Å². The van der Waals surface area contributed by atoms with Crippen molar-refractivity contribution in [2.24, 2.45) is 11.8 Å². The molecule has 0 amide bonds. The van der Waals surface area contributed by atoms with E-state index in [0.717, 1.165) is 31.2 Å². The first-order valence-electron chi connectivity index (χ1n) is 7.00. The molecular weight excluding hydrogens is 242 g/mol. The SMILES string of the molecule is O=[N+]([O-])C1CCCCC1C(CO)Cc1ccccc1. The summed E-state index contributed by atoms with van der Waals surface area (Å²) in [6.45, 7) is 0.0316. The highest BCUT2D eigenvalue weighted by Crippen LogP contribution is 2.33. The summed E-state index contributed by atoms with van der Waals surface area (Å²) >= 11 is 0. The van der Waals surface area contributed by atoms with Crippen LogP contribution >= 0.6 is 0 Å². The number of aliphatic hydroxyl groups excluding tert-OH is 1. The number of benzene rings is 1. The van der Waals surface area contributed by atoms with Gasteiger partial charge in [0.15, 0.2) is 0 Å². The van der Waals surface area contributed by atoms with Gasteiger partial charge >= 0.3 is 0 Å². The summed E-state index contributed by atoms with van der Waals surface area (Å²) in [7, 11) is 0. The number of nitro groups is 1. The topological polar surface area (TPSA) is 63.4 Å². The average Bonchev–Trinajstić information content (AvgIpc) is 2.46. The summed E-state index contributed by atoms with van der Waals surface area (Å²) in [4.78, 5) is 11.0. The molecule has 1 saturated carbocycles. The van der Waals surface area contributed by atoms with Crippen LogP contribution < -0.4 is 0 Å². The van der Waals surface area contributed by atoms with Crippen molar-refractivity contribution in [1.29, 1.82) is 0 Å². The van der Waals surface area contributed by atoms with E-state index in [1.165, 1.54) is 0 Å². The molecular formula is C15H21NO3. The first-order valence-corrected chi connectivity index (χ1v) is 7.00. The van der Waals surface area contributed by atoms with Gasteiger partial charge in [-0.25, -0.2) is 0 Å². The lowest BCUT2D eigenvalue weighted by Crippen LogP contribution is -2.39. The molecule has 0 spiro atoms. The molecule has 0 heterocycles. The van der Waals surface area contributed by atoms with Crippen molar-refractivity contribution in [3.8, 4) is 0 Å². The molecule has 1 aromatic rings. The molecule has 4 heteroatoms. The summed E-state index contributed by atoms with van der Waals surface area (Å²) in [5.74, 6) is 0.00653. The molecule has 0 saturated heterocycles. The number of hydrogen-bond donors (Lipinski definition) is 1. The Bertz CT molecular complexity index is 407. The fourth-order valence-electron chi connectivity index (χ4n) is 3.22. The molecule has 0 bridgehead atoms. The van der Waals surface area contributed by atoms with Gasteiger partial charge in [0, 0.05) is 23.9 Å². The fraction of sp³-hybridized carbons (Fsp3) is 0.600. The molecule has 1 aromatic carbocycles. The van der Waals surface area contributed by atoms with Crippen molar-refractivity contribution in [3.05, 3.63) is 46.0 Å². The molecule has 0 aliphatic heterocycles. The second kappa shape index (κ2) is 6.66. The normalized spacial score (nSPS) is 24.9. The highest BCUT2D eigenvalue weighted by Gasteiger charge is 2.38. The van der Waals surface area contributed by atoms with Crippen molar-refractivity contribution in [2.45, 2.75) is 38.1 Å². The van der Waals surface area contributed by atoms with Gasteiger partial charge in [0.1, 0.15) is 0 Å². The zero-order valence-corrected chi connectivity index (χ0v) is 11.1. The van der Waals surface area contributed by atoms with E-state index in [2.05, 4.69) is 0 Å². The largest absolute Gasteiger partial charge is 0.396 e. The zero-order valence-electron chi connectivity index (χ0n) is 11.1. The van der Waals surface area contributed by atoms with Crippen LogP contribution in [0, 0.1) is 22.0 Å². The molecule has 3 atom stereocenters. The van der Waals surface area contributed by atoms with Gasteiger partial charge in [0.05, 0.1) is 0 Å². The first-order chi connectivity index (χ1) is 9.22. The summed E-state index contributed by atoms with van der Waals surface area (Å²) in [5.41, 5.74) is 1.15. The lowest BCUT2D eigenvalue weighted by atomic mass is 9.75. The third-order valence-electron chi connectivity index (χ3n) is 4.23. The van der Waals surface area contributed by atoms with E-state index in [1.807, 2.05) is 30.3 Å². The summed E-state index contributed by atoms with van der Waals surface area (Å²) in [6, 6.07) is 9.46. The van der Waals surface area contributed by atoms with Gasteiger partial charge in [-0.05, 0) is 30.7 Å². The van der Waals surface area contributed by atoms with Crippen LogP contribution in [-0.4, -0.2) is 22.7 Å². The highest BCUT2D eigenvalue weighted by molar-refractivity contribution is 5.15. The van der Waals surface area contributed by atoms with Crippen LogP contribution in [0.4, 0.5) is 0 Å². The standard InChI is InChI=1S/C15H21NO3/c17-11-13(10-12-6-2-1-3-7-12)14-8-4-5-9-15(14)16(18)19/h1-3,6-7,13-15,17H,4-5,8-11H2. The Morgan fingerprint density at radius 2 is 1.95 bits per heavy atom. The first kappa shape index (κ1) is 14.0. The molecule has 104 valence electrons. The Morgan fingerprint density at radius 1 is 1.26 bits per heavy atom. The van der Waals surface area contributed by atoms with Crippen LogP contribution in [0.5, 0.6) is 0 Å². The van der Waals surface area contributed by atoms with Gasteiger partial charge in [0.2, 0.25) is 6.04 Å². The summed E-state index contributed by atoms with van der Waals surface area (Å²) < 4.78 is 0. The predicted octanol–water partition coefficient (Wildman–Crippen LogP) is 2.67. The lowest BCUT2D eigenvalue weighted by molar-refractivity contribution is -0.538. The van der Waals surface area contributed by atoms with Gasteiger partial charge in [0.25, 0.3) is 0 Å². The third kappa shape index (κ3) is 3.53. The Balaban J connectivity index is 2.09. The monoisotopic (exact) mass is 263 g/mol. The van der Waals surface area contributed by atoms with E-state index in [-0.39, 0.29) is 23.4 Å². The molecule has 0 aromatic heterocycles.